The van der Waals surface area contributed by atoms with Crippen molar-refractivity contribution in [1.29, 1.82) is 0 Å². The predicted molar refractivity (Wildman–Crippen MR) is 120 cm³/mol. The number of anilines is 1. The molecule has 0 saturated carbocycles. The van der Waals surface area contributed by atoms with Crippen LogP contribution in [0.3, 0.4) is 0 Å². The quantitative estimate of drug-likeness (QED) is 0.215. The van der Waals surface area contributed by atoms with Crippen molar-refractivity contribution in [1.82, 2.24) is 0 Å². The highest BCUT2D eigenvalue weighted by Crippen LogP contribution is 2.23. The van der Waals surface area contributed by atoms with Crippen molar-refractivity contribution in [3.8, 4) is 11.5 Å². The molecule has 0 unspecified atom stereocenters. The molecule has 0 heterocycles. The van der Waals surface area contributed by atoms with Gasteiger partial charge in [-0.05, 0) is 37.1 Å². The van der Waals surface area contributed by atoms with Crippen LogP contribution >= 0.6 is 24.0 Å². The minimum atomic E-state index is 0. The average Bonchev–Trinajstić information content (AvgIpc) is 2.65. The molecule has 0 spiro atoms. The molecule has 7 heteroatoms. The van der Waals surface area contributed by atoms with Gasteiger partial charge >= 0.3 is 0 Å². The van der Waals surface area contributed by atoms with Gasteiger partial charge < -0.3 is 25.3 Å². The van der Waals surface area contributed by atoms with Gasteiger partial charge in [0.15, 0.2) is 5.96 Å². The van der Waals surface area contributed by atoms with Gasteiger partial charge in [0.25, 0.3) is 0 Å². The van der Waals surface area contributed by atoms with Gasteiger partial charge in [-0.1, -0.05) is 24.3 Å². The highest BCUT2D eigenvalue weighted by Gasteiger charge is 2.00. The van der Waals surface area contributed by atoms with E-state index < -0.39 is 0 Å². The summed E-state index contributed by atoms with van der Waals surface area (Å²) in [7, 11) is 1.66. The summed E-state index contributed by atoms with van der Waals surface area (Å²) in [6, 6.07) is 17.3. The molecule has 0 atom stereocenters. The molecule has 2 rings (SSSR count). The maximum absolute atomic E-state index is 5.94. The molecule has 27 heavy (non-hydrogen) atoms. The Balaban J connectivity index is 0.00000364. The van der Waals surface area contributed by atoms with E-state index in [0.717, 1.165) is 30.0 Å². The monoisotopic (exact) mass is 485 g/mol. The Labute approximate surface area is 178 Å². The van der Waals surface area contributed by atoms with Gasteiger partial charge in [0.05, 0.1) is 13.2 Å². The molecule has 0 aliphatic carbocycles. The maximum atomic E-state index is 5.94. The number of hydrogen-bond acceptors (Lipinski definition) is 4. The van der Waals surface area contributed by atoms with Crippen LogP contribution in [0.15, 0.2) is 59.6 Å². The molecule has 0 bridgehead atoms. The number of para-hydroxylation sites is 1. The summed E-state index contributed by atoms with van der Waals surface area (Å²) in [6.45, 7) is 2.63. The predicted octanol–water partition coefficient (Wildman–Crippen LogP) is 4.27. The van der Waals surface area contributed by atoms with Crippen molar-refractivity contribution in [3.05, 3.63) is 54.6 Å². The minimum absolute atomic E-state index is 0. The Morgan fingerprint density at radius 2 is 1.74 bits per heavy atom. The summed E-state index contributed by atoms with van der Waals surface area (Å²) in [6.07, 6.45) is 1.87. The zero-order valence-corrected chi connectivity index (χ0v) is 17.9. The van der Waals surface area contributed by atoms with E-state index in [4.69, 9.17) is 19.9 Å². The Morgan fingerprint density at radius 1 is 0.963 bits per heavy atom. The van der Waals surface area contributed by atoms with Gasteiger partial charge in [0, 0.05) is 32.0 Å². The second-order valence-corrected chi connectivity index (χ2v) is 5.65. The fraction of sp³-hybridized carbons (Fsp3) is 0.350. The lowest BCUT2D eigenvalue weighted by Crippen LogP contribution is -2.22. The highest BCUT2D eigenvalue weighted by molar-refractivity contribution is 14.0. The van der Waals surface area contributed by atoms with Crippen molar-refractivity contribution in [2.24, 2.45) is 10.7 Å². The van der Waals surface area contributed by atoms with Gasteiger partial charge in [-0.25, -0.2) is 0 Å². The number of rotatable bonds is 11. The van der Waals surface area contributed by atoms with Crippen molar-refractivity contribution >= 4 is 35.6 Å². The zero-order valence-electron chi connectivity index (χ0n) is 15.6. The largest absolute Gasteiger partial charge is 0.457 e. The number of nitrogens with zero attached hydrogens (tertiary/aromatic N) is 1. The summed E-state index contributed by atoms with van der Waals surface area (Å²) in [5.41, 5.74) is 6.77. The molecule has 0 aliphatic rings. The van der Waals surface area contributed by atoms with Crippen molar-refractivity contribution < 1.29 is 14.2 Å². The van der Waals surface area contributed by atoms with Gasteiger partial charge in [0.2, 0.25) is 0 Å². The van der Waals surface area contributed by atoms with Crippen molar-refractivity contribution in [2.75, 3.05) is 38.8 Å². The molecule has 0 fully saturated rings. The van der Waals surface area contributed by atoms with Crippen LogP contribution in [0.2, 0.25) is 0 Å². The first-order chi connectivity index (χ1) is 12.8. The third-order valence-corrected chi connectivity index (χ3v) is 3.50. The van der Waals surface area contributed by atoms with Crippen LogP contribution in [0, 0.1) is 0 Å². The second-order valence-electron chi connectivity index (χ2n) is 5.65. The fourth-order valence-electron chi connectivity index (χ4n) is 2.21. The van der Waals surface area contributed by atoms with Gasteiger partial charge in [-0.3, -0.25) is 4.99 Å². The number of methoxy groups -OCH3 is 1. The van der Waals surface area contributed by atoms with Crippen LogP contribution in [-0.2, 0) is 9.47 Å². The topological polar surface area (TPSA) is 78.1 Å². The number of ether oxygens (including phenoxy) is 3. The number of guanidine groups is 1. The molecule has 0 saturated heterocycles. The lowest BCUT2D eigenvalue weighted by atomic mass is 10.3. The molecule has 2 aromatic rings. The Hall–Kier alpha value is -1.84. The van der Waals surface area contributed by atoms with Crippen molar-refractivity contribution in [2.45, 2.75) is 12.8 Å². The molecule has 0 amide bonds. The second kappa shape index (κ2) is 14.2. The molecule has 2 aromatic carbocycles. The molecular weight excluding hydrogens is 457 g/mol. The normalized spacial score (nSPS) is 10.9. The van der Waals surface area contributed by atoms with Gasteiger partial charge in [-0.15, -0.1) is 24.0 Å². The van der Waals surface area contributed by atoms with E-state index in [1.807, 2.05) is 54.6 Å². The average molecular weight is 485 g/mol. The first-order valence-corrected chi connectivity index (χ1v) is 8.74. The number of nitrogens with two attached hydrogens (primary N) is 1. The third-order valence-electron chi connectivity index (χ3n) is 3.50. The summed E-state index contributed by atoms with van der Waals surface area (Å²) < 4.78 is 16.1. The molecule has 0 aliphatic heterocycles. The van der Waals surface area contributed by atoms with E-state index in [1.54, 1.807) is 7.11 Å². The first kappa shape index (κ1) is 23.2. The van der Waals surface area contributed by atoms with E-state index in [-0.39, 0.29) is 24.0 Å². The maximum Gasteiger partial charge on any atom is 0.193 e. The van der Waals surface area contributed by atoms with Gasteiger partial charge in [0.1, 0.15) is 11.5 Å². The summed E-state index contributed by atoms with van der Waals surface area (Å²) in [5.74, 6) is 1.92. The zero-order chi connectivity index (χ0) is 18.5. The Morgan fingerprint density at radius 3 is 2.52 bits per heavy atom. The number of benzene rings is 2. The summed E-state index contributed by atoms with van der Waals surface area (Å²) in [5, 5.41) is 3.09. The van der Waals surface area contributed by atoms with Crippen LogP contribution < -0.4 is 15.8 Å². The summed E-state index contributed by atoms with van der Waals surface area (Å²) >= 11 is 0. The van der Waals surface area contributed by atoms with E-state index in [2.05, 4.69) is 10.3 Å². The van der Waals surface area contributed by atoms with Crippen LogP contribution in [0.25, 0.3) is 0 Å². The van der Waals surface area contributed by atoms with E-state index >= 15 is 0 Å². The Bertz CT molecular complexity index is 669. The molecule has 6 nitrogen and oxygen atoms in total. The number of nitrogens with one attached hydrogen (secondary N) is 1. The van der Waals surface area contributed by atoms with Crippen LogP contribution in [0.4, 0.5) is 5.69 Å². The van der Waals surface area contributed by atoms with Crippen LogP contribution in [-0.4, -0.2) is 39.4 Å². The lowest BCUT2D eigenvalue weighted by molar-refractivity contribution is 0.0690. The summed E-state index contributed by atoms with van der Waals surface area (Å²) in [4.78, 5) is 4.33. The molecule has 3 N–H and O–H groups in total. The SMILES string of the molecule is COCCOCCCCN=C(N)Nc1cccc(Oc2ccccc2)c1.I. The first-order valence-electron chi connectivity index (χ1n) is 8.74. The third kappa shape index (κ3) is 10.2. The van der Waals surface area contributed by atoms with Crippen molar-refractivity contribution in [3.63, 3.8) is 0 Å². The lowest BCUT2D eigenvalue weighted by Gasteiger charge is -2.09. The molecule has 0 radical (unpaired) electrons. The van der Waals surface area contributed by atoms with Crippen LogP contribution in [0.1, 0.15) is 12.8 Å². The van der Waals surface area contributed by atoms with Gasteiger partial charge in [-0.2, -0.15) is 0 Å². The molecule has 148 valence electrons. The fourth-order valence-corrected chi connectivity index (χ4v) is 2.21. The number of halogens is 1. The van der Waals surface area contributed by atoms with E-state index in [1.165, 1.54) is 0 Å². The molecular formula is C20H28IN3O3. The Kier molecular flexibility index (Phi) is 12.2. The highest BCUT2D eigenvalue weighted by atomic mass is 127. The number of aliphatic imine (C=N–C) groups is 1. The molecule has 0 aromatic heterocycles. The number of hydrogen-bond donors (Lipinski definition) is 2. The van der Waals surface area contributed by atoms with E-state index in [9.17, 15) is 0 Å². The number of unbranched alkanes of at least 4 members (excludes halogenated alkanes) is 1. The smallest absolute Gasteiger partial charge is 0.193 e. The van der Waals surface area contributed by atoms with Crippen LogP contribution in [0.5, 0.6) is 11.5 Å². The minimum Gasteiger partial charge on any atom is -0.457 e. The van der Waals surface area contributed by atoms with E-state index in [0.29, 0.717) is 32.3 Å². The standard InChI is InChI=1S/C20H27N3O3.HI/c1-24-14-15-25-13-6-5-12-22-20(21)23-17-8-7-11-19(16-17)26-18-9-3-2-4-10-18;/h2-4,7-11,16H,5-6,12-15H2,1H3,(H3,21,22,23);1H.